The molecule has 0 saturated heterocycles. The Morgan fingerprint density at radius 1 is 1.50 bits per heavy atom. The second-order valence-electron chi connectivity index (χ2n) is 3.61. The van der Waals surface area contributed by atoms with Crippen molar-refractivity contribution in [2.75, 3.05) is 0 Å². The van der Waals surface area contributed by atoms with Crippen LogP contribution in [0, 0.1) is 10.1 Å². The minimum absolute atomic E-state index is 0.0621. The highest BCUT2D eigenvalue weighted by molar-refractivity contribution is 6.32. The van der Waals surface area contributed by atoms with Gasteiger partial charge >= 0.3 is 0 Å². The van der Waals surface area contributed by atoms with Crippen LogP contribution in [0.25, 0.3) is 0 Å². The van der Waals surface area contributed by atoms with E-state index in [4.69, 9.17) is 16.3 Å². The van der Waals surface area contributed by atoms with E-state index in [1.807, 2.05) is 6.07 Å². The fraction of sp³-hybridized carbons (Fsp3) is 0.182. The lowest BCUT2D eigenvalue weighted by atomic mass is 10.3. The van der Waals surface area contributed by atoms with E-state index in [2.05, 4.69) is 5.10 Å². The molecule has 1 aromatic heterocycles. The molecule has 94 valence electrons. The Labute approximate surface area is 108 Å². The summed E-state index contributed by atoms with van der Waals surface area (Å²) in [5.74, 6) is 0.406. The maximum absolute atomic E-state index is 10.5. The van der Waals surface area contributed by atoms with Crippen molar-refractivity contribution in [2.24, 2.45) is 7.05 Å². The van der Waals surface area contributed by atoms with Crippen LogP contribution in [0.15, 0.2) is 30.5 Å². The molecular formula is C11H10ClN3O3. The molecule has 0 saturated carbocycles. The summed E-state index contributed by atoms with van der Waals surface area (Å²) >= 11 is 5.90. The van der Waals surface area contributed by atoms with E-state index < -0.39 is 4.92 Å². The molecule has 0 aliphatic heterocycles. The molecular weight excluding hydrogens is 258 g/mol. The van der Waals surface area contributed by atoms with Crippen molar-refractivity contribution in [3.05, 3.63) is 51.3 Å². The molecule has 0 aliphatic carbocycles. The smallest absolute Gasteiger partial charge is 0.271 e. The van der Waals surface area contributed by atoms with Crippen LogP contribution in [0.3, 0.4) is 0 Å². The molecule has 0 amide bonds. The SMILES string of the molecule is Cn1nccc1COc1ccc([N+](=O)[O-])cc1Cl. The predicted molar refractivity (Wildman–Crippen MR) is 65.6 cm³/mol. The maximum atomic E-state index is 10.5. The molecule has 0 radical (unpaired) electrons. The fourth-order valence-electron chi connectivity index (χ4n) is 1.41. The third-order valence-electron chi connectivity index (χ3n) is 2.42. The summed E-state index contributed by atoms with van der Waals surface area (Å²) in [7, 11) is 1.80. The zero-order valence-corrected chi connectivity index (χ0v) is 10.3. The number of nitro groups is 1. The van der Waals surface area contributed by atoms with E-state index in [-0.39, 0.29) is 10.7 Å². The molecule has 2 rings (SSSR count). The van der Waals surface area contributed by atoms with Crippen molar-refractivity contribution in [1.29, 1.82) is 0 Å². The van der Waals surface area contributed by atoms with Crippen molar-refractivity contribution in [3.63, 3.8) is 0 Å². The van der Waals surface area contributed by atoms with Gasteiger partial charge in [-0.15, -0.1) is 0 Å². The number of aromatic nitrogens is 2. The summed E-state index contributed by atoms with van der Waals surface area (Å²) in [4.78, 5) is 10.0. The number of rotatable bonds is 4. The highest BCUT2D eigenvalue weighted by Crippen LogP contribution is 2.29. The highest BCUT2D eigenvalue weighted by atomic mass is 35.5. The molecule has 0 fully saturated rings. The number of hydrogen-bond donors (Lipinski definition) is 0. The number of nitrogens with zero attached hydrogens (tertiary/aromatic N) is 3. The van der Waals surface area contributed by atoms with Crippen molar-refractivity contribution in [1.82, 2.24) is 9.78 Å². The third-order valence-corrected chi connectivity index (χ3v) is 2.72. The molecule has 7 heteroatoms. The van der Waals surface area contributed by atoms with Crippen molar-refractivity contribution >= 4 is 17.3 Å². The van der Waals surface area contributed by atoms with Crippen LogP contribution >= 0.6 is 11.6 Å². The first-order valence-electron chi connectivity index (χ1n) is 5.11. The summed E-state index contributed by atoms with van der Waals surface area (Å²) in [5, 5.41) is 14.8. The van der Waals surface area contributed by atoms with Crippen molar-refractivity contribution in [2.45, 2.75) is 6.61 Å². The van der Waals surface area contributed by atoms with Crippen molar-refractivity contribution in [3.8, 4) is 5.75 Å². The molecule has 0 atom stereocenters. The molecule has 0 N–H and O–H groups in total. The average molecular weight is 268 g/mol. The molecule has 0 aliphatic rings. The Bertz CT molecular complexity index is 583. The standard InChI is InChI=1S/C11H10ClN3O3/c1-14-9(4-5-13-14)7-18-11-3-2-8(15(16)17)6-10(11)12/h2-6H,7H2,1H3. The number of ether oxygens (including phenoxy) is 1. The molecule has 0 spiro atoms. The zero-order valence-electron chi connectivity index (χ0n) is 9.54. The number of nitro benzene ring substituents is 1. The monoisotopic (exact) mass is 267 g/mol. The zero-order chi connectivity index (χ0) is 13.1. The van der Waals surface area contributed by atoms with Crippen LogP contribution in [-0.2, 0) is 13.7 Å². The lowest BCUT2D eigenvalue weighted by molar-refractivity contribution is -0.384. The molecule has 2 aromatic rings. The molecule has 0 unspecified atom stereocenters. The molecule has 18 heavy (non-hydrogen) atoms. The summed E-state index contributed by atoms with van der Waals surface area (Å²) < 4.78 is 7.16. The minimum atomic E-state index is -0.503. The third kappa shape index (κ3) is 2.60. The molecule has 1 heterocycles. The highest BCUT2D eigenvalue weighted by Gasteiger charge is 2.10. The average Bonchev–Trinajstić information content (AvgIpc) is 2.73. The second-order valence-corrected chi connectivity index (χ2v) is 4.01. The summed E-state index contributed by atoms with van der Waals surface area (Å²) in [6.07, 6.45) is 1.66. The number of halogens is 1. The first-order valence-corrected chi connectivity index (χ1v) is 5.49. The van der Waals surface area contributed by atoms with E-state index in [0.29, 0.717) is 12.4 Å². The van der Waals surface area contributed by atoms with E-state index in [9.17, 15) is 10.1 Å². The Balaban J connectivity index is 2.11. The summed E-state index contributed by atoms with van der Waals surface area (Å²) in [6.45, 7) is 0.300. The van der Waals surface area contributed by atoms with Gasteiger partial charge in [0.15, 0.2) is 0 Å². The number of aryl methyl sites for hydroxylation is 1. The quantitative estimate of drug-likeness (QED) is 0.630. The molecule has 1 aromatic carbocycles. The van der Waals surface area contributed by atoms with Crippen molar-refractivity contribution < 1.29 is 9.66 Å². The van der Waals surface area contributed by atoms with Crippen LogP contribution in [0.4, 0.5) is 5.69 Å². The molecule has 6 nitrogen and oxygen atoms in total. The number of hydrogen-bond acceptors (Lipinski definition) is 4. The van der Waals surface area contributed by atoms with E-state index in [0.717, 1.165) is 5.69 Å². The van der Waals surface area contributed by atoms with Gasteiger partial charge in [0.1, 0.15) is 12.4 Å². The van der Waals surface area contributed by atoms with Gasteiger partial charge in [0.25, 0.3) is 5.69 Å². The normalized spacial score (nSPS) is 10.3. The predicted octanol–water partition coefficient (Wildman–Crippen LogP) is 2.56. The minimum Gasteiger partial charge on any atom is -0.486 e. The lowest BCUT2D eigenvalue weighted by Gasteiger charge is -2.07. The first kappa shape index (κ1) is 12.4. The van der Waals surface area contributed by atoms with Gasteiger partial charge in [-0.25, -0.2) is 0 Å². The van der Waals surface area contributed by atoms with Gasteiger partial charge in [0.2, 0.25) is 0 Å². The van der Waals surface area contributed by atoms with Gasteiger partial charge in [0, 0.05) is 25.4 Å². The van der Waals surface area contributed by atoms with Gasteiger partial charge in [-0.2, -0.15) is 5.10 Å². The Kier molecular flexibility index (Phi) is 3.47. The van der Waals surface area contributed by atoms with Gasteiger partial charge in [-0.05, 0) is 12.1 Å². The Morgan fingerprint density at radius 2 is 2.28 bits per heavy atom. The van der Waals surface area contributed by atoms with Gasteiger partial charge < -0.3 is 4.74 Å². The largest absolute Gasteiger partial charge is 0.486 e. The van der Waals surface area contributed by atoms with Gasteiger partial charge in [-0.3, -0.25) is 14.8 Å². The maximum Gasteiger partial charge on any atom is 0.271 e. The van der Waals surface area contributed by atoms with Crippen LogP contribution in [0.2, 0.25) is 5.02 Å². The fourth-order valence-corrected chi connectivity index (χ4v) is 1.64. The first-order chi connectivity index (χ1) is 8.58. The number of benzene rings is 1. The summed E-state index contributed by atoms with van der Waals surface area (Å²) in [5.41, 5.74) is 0.817. The summed E-state index contributed by atoms with van der Waals surface area (Å²) in [6, 6.07) is 5.92. The van der Waals surface area contributed by atoms with E-state index in [1.165, 1.54) is 18.2 Å². The van der Waals surface area contributed by atoms with Gasteiger partial charge in [-0.1, -0.05) is 11.6 Å². The van der Waals surface area contributed by atoms with E-state index >= 15 is 0 Å². The number of non-ortho nitro benzene ring substituents is 1. The Morgan fingerprint density at radius 3 is 2.83 bits per heavy atom. The van der Waals surface area contributed by atoms with Gasteiger partial charge in [0.05, 0.1) is 15.6 Å². The lowest BCUT2D eigenvalue weighted by Crippen LogP contribution is -2.03. The van der Waals surface area contributed by atoms with E-state index in [1.54, 1.807) is 17.9 Å². The van der Waals surface area contributed by atoms with Crippen LogP contribution in [-0.4, -0.2) is 14.7 Å². The molecule has 0 bridgehead atoms. The van der Waals surface area contributed by atoms with Crippen LogP contribution in [0.1, 0.15) is 5.69 Å². The Hall–Kier alpha value is -2.08. The topological polar surface area (TPSA) is 70.2 Å². The second kappa shape index (κ2) is 5.05. The van der Waals surface area contributed by atoms with Crippen LogP contribution in [0.5, 0.6) is 5.75 Å². The van der Waals surface area contributed by atoms with Crippen LogP contribution < -0.4 is 4.74 Å².